The zero-order valence-corrected chi connectivity index (χ0v) is 59.2. The summed E-state index contributed by atoms with van der Waals surface area (Å²) in [6.45, 7) is 6.44. The van der Waals surface area contributed by atoms with Crippen LogP contribution in [0.2, 0.25) is 0 Å². The lowest BCUT2D eigenvalue weighted by Crippen LogP contribution is -2.24. The molecule has 3 aliphatic heterocycles. The highest BCUT2D eigenvalue weighted by atomic mass is 16.5. The first-order chi connectivity index (χ1) is 53.7. The van der Waals surface area contributed by atoms with Gasteiger partial charge < -0.3 is 42.2 Å². The predicted octanol–water partition coefficient (Wildman–Crippen LogP) is 29.4. The normalized spacial score (nSPS) is 12.7. The lowest BCUT2D eigenvalue weighted by Gasteiger charge is -2.42. The Labute approximate surface area is 623 Å². The third-order valence-corrected chi connectivity index (χ3v) is 22.7. The number of aryl methyl sites for hydroxylation is 3. The number of furan rings is 3. The van der Waals surface area contributed by atoms with Crippen LogP contribution in [0.5, 0.6) is 34.5 Å². The molecule has 6 heterocycles. The van der Waals surface area contributed by atoms with Crippen molar-refractivity contribution in [3.05, 3.63) is 326 Å². The van der Waals surface area contributed by atoms with Gasteiger partial charge in [-0.05, 0) is 213 Å². The second-order valence-corrected chi connectivity index (χ2v) is 29.4. The molecule has 0 saturated carbocycles. The van der Waals surface area contributed by atoms with Crippen LogP contribution in [0.3, 0.4) is 0 Å². The van der Waals surface area contributed by atoms with E-state index in [1.54, 1.807) is 0 Å². The fraction of sp³-hybridized carbons (Fsp3) is 0.0303. The Bertz CT molecular complexity index is 6900. The molecule has 0 radical (unpaired) electrons. The molecule has 3 aromatic heterocycles. The minimum absolute atomic E-state index is 0.563. The minimum Gasteiger partial charge on any atom is -0.456 e. The molecule has 24 rings (SSSR count). The molecule has 0 saturated heterocycles. The molecule has 0 unspecified atom stereocenters. The van der Waals surface area contributed by atoms with E-state index in [1.807, 2.05) is 18.2 Å². The Hall–Kier alpha value is -14.5. The van der Waals surface area contributed by atoms with Crippen LogP contribution in [0.15, 0.2) is 323 Å². The number of hydrogen-bond donors (Lipinski definition) is 0. The highest BCUT2D eigenvalue weighted by Gasteiger charge is 2.46. The summed E-state index contributed by atoms with van der Waals surface area (Å²) < 4.78 is 44.1. The topological polar surface area (TPSA) is 80.1 Å². The van der Waals surface area contributed by atoms with Gasteiger partial charge in [-0.1, -0.05) is 164 Å². The number of ether oxygens (including phenoxy) is 3. The zero-order chi connectivity index (χ0) is 71.6. The van der Waals surface area contributed by atoms with Gasteiger partial charge in [0.2, 0.25) is 0 Å². The summed E-state index contributed by atoms with van der Waals surface area (Å²) in [5.41, 5.74) is 19.3. The molecule has 0 fully saturated rings. The molecular weight excluding hydrogens is 1340 g/mol. The molecule has 0 atom stereocenters. The van der Waals surface area contributed by atoms with Crippen LogP contribution in [0, 0.1) is 20.8 Å². The van der Waals surface area contributed by atoms with E-state index in [0.717, 1.165) is 149 Å². The van der Waals surface area contributed by atoms with E-state index < -0.39 is 0 Å². The maximum atomic E-state index is 7.53. The fourth-order valence-electron chi connectivity index (χ4n) is 17.8. The number of nitrogens with zero attached hydrogens (tertiary/aromatic N) is 4. The molecule has 0 spiro atoms. The molecule has 109 heavy (non-hydrogen) atoms. The molecule has 18 aromatic carbocycles. The van der Waals surface area contributed by atoms with Crippen molar-refractivity contribution >= 4 is 199 Å². The summed E-state index contributed by atoms with van der Waals surface area (Å²) in [6.07, 6.45) is 0. The first-order valence-corrected chi connectivity index (χ1v) is 37.0. The van der Waals surface area contributed by atoms with Gasteiger partial charge in [0.05, 0.1) is 33.2 Å². The Balaban J connectivity index is 0.703. The van der Waals surface area contributed by atoms with Crippen molar-refractivity contribution in [1.82, 2.24) is 0 Å². The van der Waals surface area contributed by atoms with Gasteiger partial charge in [-0.25, -0.2) is 0 Å². The van der Waals surface area contributed by atoms with Crippen LogP contribution < -0.4 is 33.8 Å². The fourth-order valence-corrected chi connectivity index (χ4v) is 17.8. The molecular formula is C99H60N4O6. The molecule has 21 aromatic rings. The summed E-state index contributed by atoms with van der Waals surface area (Å²) in [7, 11) is 0. The quantitative estimate of drug-likeness (QED) is 0.139. The Morgan fingerprint density at radius 1 is 0.220 bits per heavy atom. The van der Waals surface area contributed by atoms with Crippen molar-refractivity contribution in [1.29, 1.82) is 0 Å². The monoisotopic (exact) mass is 1400 g/mol. The first kappa shape index (κ1) is 59.9. The molecule has 10 heteroatoms. The van der Waals surface area contributed by atoms with E-state index in [4.69, 9.17) is 27.5 Å². The van der Waals surface area contributed by atoms with Crippen LogP contribution in [0.25, 0.3) is 130 Å². The molecule has 10 nitrogen and oxygen atoms in total. The van der Waals surface area contributed by atoms with Gasteiger partial charge in [0.25, 0.3) is 0 Å². The first-order valence-electron chi connectivity index (χ1n) is 37.0. The molecule has 0 amide bonds. The van der Waals surface area contributed by atoms with Gasteiger partial charge >= 0.3 is 0 Å². The number of fused-ring (bicyclic) bond motifs is 18. The van der Waals surface area contributed by atoms with Crippen molar-refractivity contribution in [2.45, 2.75) is 20.8 Å². The Kier molecular flexibility index (Phi) is 12.2. The highest BCUT2D eigenvalue weighted by molar-refractivity contribution is 6.24. The lowest BCUT2D eigenvalue weighted by molar-refractivity contribution is 0.424. The maximum absolute atomic E-state index is 7.53. The molecule has 512 valence electrons. The summed E-state index contributed by atoms with van der Waals surface area (Å²) in [4.78, 5) is 9.39. The molecule has 3 aliphatic rings. The van der Waals surface area contributed by atoms with E-state index in [9.17, 15) is 0 Å². The number of hydrogen-bond acceptors (Lipinski definition) is 10. The second-order valence-electron chi connectivity index (χ2n) is 29.4. The summed E-state index contributed by atoms with van der Waals surface area (Å²) in [5, 5.41) is 18.4. The van der Waals surface area contributed by atoms with E-state index in [1.165, 1.54) is 32.8 Å². The maximum Gasteiger partial charge on any atom is 0.167 e. The minimum atomic E-state index is 0.563. The third kappa shape index (κ3) is 8.85. The standard InChI is InChI=1S/C99H60N4O6/c1-55-16-10-25-67(40-55)100(79-31-13-22-58-19-4-7-28-73(58)79)70-37-34-61-46-76-82(49-64(61)43-70)104-85-52-88-94-97(91(76)85)107-89-53-86-93(78-48-63-36-39-72(45-66(63)51-84(78)105-86)102(69-27-12-18-57(3)42-69)81-33-15-24-60-21-6-9-30-75(60)81)99-95(89)103(94)96-90(109-99)54-87-92(98(96)108-88)77-47-62-35-38-71(44-65(62)50-83(77)106-87)101(68-26-11-17-56(2)41-68)80-32-14-23-59-20-5-8-29-74(59)80/h4-54H,1-3H3. The Morgan fingerprint density at radius 3 is 0.835 bits per heavy atom. The average molecular weight is 1400 g/mol. The van der Waals surface area contributed by atoms with Crippen molar-refractivity contribution in [2.24, 2.45) is 0 Å². The van der Waals surface area contributed by atoms with Crippen molar-refractivity contribution in [3.63, 3.8) is 0 Å². The molecule has 0 N–H and O–H groups in total. The highest BCUT2D eigenvalue weighted by Crippen LogP contribution is 2.71. The smallest absolute Gasteiger partial charge is 0.167 e. The van der Waals surface area contributed by atoms with Gasteiger partial charge in [0.15, 0.2) is 34.5 Å². The number of benzene rings is 18. The molecule has 0 bridgehead atoms. The summed E-state index contributed by atoms with van der Waals surface area (Å²) in [5.74, 6) is 3.48. The SMILES string of the molecule is Cc1cccc(N(c2ccc3cc4c(cc3c2)oc2cc3c5c(c24)Oc2cc4oc6cc7cc(N(c8cccc(C)c8)c8cccc9ccccc89)ccc7cc6c4c4c2N5c2c(cc5oc6cc7cc(N(c8cccc(C)c8)c8cccc9ccccc89)ccc7cc6c5c2O3)O4)c2cccc3ccccc23)c1. The summed E-state index contributed by atoms with van der Waals surface area (Å²) in [6, 6.07) is 111. The lowest BCUT2D eigenvalue weighted by atomic mass is 9.97. The van der Waals surface area contributed by atoms with E-state index >= 15 is 0 Å². The zero-order valence-electron chi connectivity index (χ0n) is 59.2. The van der Waals surface area contributed by atoms with Crippen LogP contribution >= 0.6 is 0 Å². The average Bonchev–Trinajstić information content (AvgIpc) is 1.64. The van der Waals surface area contributed by atoms with Crippen molar-refractivity contribution in [2.75, 3.05) is 19.6 Å². The third-order valence-electron chi connectivity index (χ3n) is 22.7. The van der Waals surface area contributed by atoms with Crippen LogP contribution in [0.1, 0.15) is 16.7 Å². The van der Waals surface area contributed by atoms with E-state index in [-0.39, 0.29) is 0 Å². The van der Waals surface area contributed by atoms with Gasteiger partial charge in [-0.3, -0.25) is 4.90 Å². The van der Waals surface area contributed by atoms with Crippen LogP contribution in [-0.2, 0) is 0 Å². The van der Waals surface area contributed by atoms with Crippen LogP contribution in [0.4, 0.5) is 68.2 Å². The van der Waals surface area contributed by atoms with Gasteiger partial charge in [0, 0.05) is 84.6 Å². The van der Waals surface area contributed by atoms with Gasteiger partial charge in [0.1, 0.15) is 50.6 Å². The Morgan fingerprint density at radius 2 is 0.514 bits per heavy atom. The second kappa shape index (κ2) is 22.3. The predicted molar refractivity (Wildman–Crippen MR) is 446 cm³/mol. The van der Waals surface area contributed by atoms with Crippen molar-refractivity contribution in [3.8, 4) is 34.5 Å². The number of rotatable bonds is 9. The summed E-state index contributed by atoms with van der Waals surface area (Å²) >= 11 is 0. The van der Waals surface area contributed by atoms with E-state index in [0.29, 0.717) is 68.0 Å². The number of anilines is 12. The van der Waals surface area contributed by atoms with Gasteiger partial charge in [-0.2, -0.15) is 0 Å². The van der Waals surface area contributed by atoms with E-state index in [2.05, 4.69) is 332 Å². The van der Waals surface area contributed by atoms with Crippen LogP contribution in [-0.4, -0.2) is 0 Å². The molecule has 0 aliphatic carbocycles. The van der Waals surface area contributed by atoms with Crippen molar-refractivity contribution < 1.29 is 27.5 Å². The van der Waals surface area contributed by atoms with Gasteiger partial charge in [-0.15, -0.1) is 0 Å². The largest absolute Gasteiger partial charge is 0.456 e.